The zero-order valence-corrected chi connectivity index (χ0v) is 28.7. The minimum Gasteiger partial charge on any atom is -0.504 e. The zero-order chi connectivity index (χ0) is 36.9. The zero-order valence-electron chi connectivity index (χ0n) is 26.4. The van der Waals surface area contributed by atoms with Crippen LogP contribution >= 0.6 is 34.8 Å². The number of hydrogen-bond acceptors (Lipinski definition) is 8. The summed E-state index contributed by atoms with van der Waals surface area (Å²) in [5.41, 5.74) is -0.701. The standard InChI is InChI=1S/C34H25Cl3F4N4O6/c1-43(27-21(35)10-12-24(42-27)34(39,40)41)45-28(47)19-9-8-18-20(25(19)29(45)48)14-32(36)30(49)44(17-6-4-16(38)5-7-17)31(50)33(32,37)26(18)15-3-11-23(51-2)22(46)13-15/h3-8,10-13,19-20,25-26,46H,9,14H2,1-2H3. The van der Waals surface area contributed by atoms with Gasteiger partial charge in [0, 0.05) is 13.0 Å². The van der Waals surface area contributed by atoms with Gasteiger partial charge in [0.2, 0.25) is 0 Å². The number of aromatic nitrogens is 1. The van der Waals surface area contributed by atoms with E-state index in [4.69, 9.17) is 39.5 Å². The summed E-state index contributed by atoms with van der Waals surface area (Å²) < 4.78 is 59.7. The number of ether oxygens (including phenoxy) is 1. The number of pyridine rings is 1. The maximum Gasteiger partial charge on any atom is 0.433 e. The number of fused-ring (bicyclic) bond motifs is 4. The molecular weight excluding hydrogens is 743 g/mol. The van der Waals surface area contributed by atoms with Crippen molar-refractivity contribution >= 4 is 69.9 Å². The molecule has 0 bridgehead atoms. The third kappa shape index (κ3) is 4.93. The summed E-state index contributed by atoms with van der Waals surface area (Å²) in [5, 5.41) is 12.0. The van der Waals surface area contributed by atoms with E-state index in [2.05, 4.69) is 4.98 Å². The van der Waals surface area contributed by atoms with Gasteiger partial charge in [-0.25, -0.2) is 14.3 Å². The predicted octanol–water partition coefficient (Wildman–Crippen LogP) is 6.22. The Kier molecular flexibility index (Phi) is 8.12. The van der Waals surface area contributed by atoms with Crippen LogP contribution in [0.3, 0.4) is 0 Å². The normalized spacial score (nSPS) is 28.8. The Balaban J connectivity index is 1.35. The summed E-state index contributed by atoms with van der Waals surface area (Å²) >= 11 is 20.8. The third-order valence-electron chi connectivity index (χ3n) is 10.1. The van der Waals surface area contributed by atoms with Crippen LogP contribution < -0.4 is 14.6 Å². The van der Waals surface area contributed by atoms with Gasteiger partial charge in [0.15, 0.2) is 27.1 Å². The van der Waals surface area contributed by atoms with Crippen molar-refractivity contribution in [3.8, 4) is 11.5 Å². The number of carbonyl (C=O) groups excluding carboxylic acids is 4. The number of nitrogens with zero attached hydrogens (tertiary/aromatic N) is 4. The number of carbonyl (C=O) groups is 4. The Morgan fingerprint density at radius 2 is 1.67 bits per heavy atom. The monoisotopic (exact) mass is 766 g/mol. The molecule has 4 amide bonds. The van der Waals surface area contributed by atoms with Gasteiger partial charge < -0.3 is 9.84 Å². The minimum absolute atomic E-state index is 0.0163. The van der Waals surface area contributed by atoms with E-state index in [0.717, 1.165) is 28.1 Å². The van der Waals surface area contributed by atoms with Gasteiger partial charge in [0.05, 0.1) is 29.7 Å². The van der Waals surface area contributed by atoms with Crippen molar-refractivity contribution < 1.29 is 46.6 Å². The molecule has 17 heteroatoms. The van der Waals surface area contributed by atoms with E-state index in [1.54, 1.807) is 6.08 Å². The molecule has 2 saturated heterocycles. The first kappa shape index (κ1) is 35.0. The van der Waals surface area contributed by atoms with Crippen molar-refractivity contribution in [2.24, 2.45) is 17.8 Å². The molecule has 6 unspecified atom stereocenters. The number of alkyl halides is 5. The molecule has 1 aromatic heterocycles. The number of benzene rings is 2. The smallest absolute Gasteiger partial charge is 0.433 e. The highest BCUT2D eigenvalue weighted by molar-refractivity contribution is 6.58. The summed E-state index contributed by atoms with van der Waals surface area (Å²) in [6.45, 7) is 0. The van der Waals surface area contributed by atoms with E-state index < -0.39 is 87.0 Å². The van der Waals surface area contributed by atoms with Crippen LogP contribution in [0.15, 0.2) is 66.2 Å². The fourth-order valence-corrected chi connectivity index (χ4v) is 9.01. The number of allylic oxidation sites excluding steroid dienone is 2. The number of aromatic hydroxyl groups is 1. The summed E-state index contributed by atoms with van der Waals surface area (Å²) in [7, 11) is 2.50. The average Bonchev–Trinajstić information content (AvgIpc) is 3.42. The highest BCUT2D eigenvalue weighted by atomic mass is 35.5. The molecule has 0 spiro atoms. The number of amides is 4. The molecule has 2 aromatic carbocycles. The lowest BCUT2D eigenvalue weighted by Crippen LogP contribution is -2.60. The lowest BCUT2D eigenvalue weighted by atomic mass is 9.56. The lowest BCUT2D eigenvalue weighted by molar-refractivity contribution is -0.141. The van der Waals surface area contributed by atoms with E-state index in [1.807, 2.05) is 0 Å². The van der Waals surface area contributed by atoms with E-state index in [9.17, 15) is 41.8 Å². The second kappa shape index (κ2) is 11.8. The number of anilines is 2. The molecule has 2 aliphatic heterocycles. The summed E-state index contributed by atoms with van der Waals surface area (Å²) in [5.74, 6) is -9.38. The molecule has 6 atom stereocenters. The van der Waals surface area contributed by atoms with Crippen molar-refractivity contribution in [2.45, 2.75) is 34.7 Å². The number of hydrazine groups is 1. The number of rotatable bonds is 5. The molecule has 3 fully saturated rings. The first-order valence-corrected chi connectivity index (χ1v) is 16.5. The Bertz CT molecular complexity index is 2070. The molecule has 266 valence electrons. The summed E-state index contributed by atoms with van der Waals surface area (Å²) in [4.78, 5) is 56.9. The topological polar surface area (TPSA) is 120 Å². The van der Waals surface area contributed by atoms with Gasteiger partial charge >= 0.3 is 6.18 Å². The summed E-state index contributed by atoms with van der Waals surface area (Å²) in [6.07, 6.45) is -3.68. The Morgan fingerprint density at radius 3 is 2.29 bits per heavy atom. The molecule has 1 N–H and O–H groups in total. The van der Waals surface area contributed by atoms with Gasteiger partial charge in [-0.05, 0) is 72.9 Å². The highest BCUT2D eigenvalue weighted by Gasteiger charge is 2.76. The van der Waals surface area contributed by atoms with Crippen LogP contribution in [0.25, 0.3) is 0 Å². The number of halogens is 7. The Labute approximate surface area is 302 Å². The van der Waals surface area contributed by atoms with Crippen LogP contribution in [-0.4, -0.2) is 62.6 Å². The second-order valence-corrected chi connectivity index (χ2v) is 14.3. The second-order valence-electron chi connectivity index (χ2n) is 12.7. The van der Waals surface area contributed by atoms with Gasteiger partial charge in [0.1, 0.15) is 11.5 Å². The van der Waals surface area contributed by atoms with Crippen LogP contribution in [0, 0.1) is 23.6 Å². The van der Waals surface area contributed by atoms with E-state index in [1.165, 1.54) is 44.5 Å². The fourth-order valence-electron chi connectivity index (χ4n) is 7.85. The van der Waals surface area contributed by atoms with Gasteiger partial charge in [-0.1, -0.05) is 29.3 Å². The minimum atomic E-state index is -4.85. The Hall–Kier alpha value is -4.40. The molecule has 10 nitrogen and oxygen atoms in total. The van der Waals surface area contributed by atoms with E-state index in [-0.39, 0.29) is 34.2 Å². The van der Waals surface area contributed by atoms with E-state index >= 15 is 0 Å². The molecule has 4 aliphatic rings. The lowest BCUT2D eigenvalue weighted by Gasteiger charge is -2.50. The van der Waals surface area contributed by atoms with Gasteiger partial charge in [0.25, 0.3) is 23.6 Å². The molecule has 2 aliphatic carbocycles. The number of hydrogen-bond donors (Lipinski definition) is 1. The molecular formula is C34H25Cl3F4N4O6. The fraction of sp³-hybridized carbons (Fsp3) is 0.324. The van der Waals surface area contributed by atoms with Crippen molar-refractivity contribution in [3.63, 3.8) is 0 Å². The van der Waals surface area contributed by atoms with Gasteiger partial charge in [-0.2, -0.15) is 18.2 Å². The van der Waals surface area contributed by atoms with Gasteiger partial charge in [-0.15, -0.1) is 23.2 Å². The summed E-state index contributed by atoms with van der Waals surface area (Å²) in [6, 6.07) is 10.3. The number of imide groups is 2. The maximum absolute atomic E-state index is 14.4. The number of phenols is 1. The SMILES string of the molecule is COc1ccc(C2C3=CCC4C(=O)N(N(C)c5nc(C(F)(F)F)ccc5Cl)C(=O)C4C3CC3(Cl)C(=O)N(c4ccc(F)cc4)C(=O)C23Cl)cc1O. The predicted molar refractivity (Wildman–Crippen MR) is 176 cm³/mol. The largest absolute Gasteiger partial charge is 0.504 e. The maximum atomic E-state index is 14.4. The van der Waals surface area contributed by atoms with E-state index in [0.29, 0.717) is 16.6 Å². The molecule has 7 rings (SSSR count). The van der Waals surface area contributed by atoms with Crippen LogP contribution in [0.4, 0.5) is 29.1 Å². The first-order chi connectivity index (χ1) is 23.9. The quantitative estimate of drug-likeness (QED) is 0.141. The highest BCUT2D eigenvalue weighted by Crippen LogP contribution is 2.66. The third-order valence-corrected chi connectivity index (χ3v) is 11.8. The molecule has 3 heterocycles. The van der Waals surface area contributed by atoms with Crippen molar-refractivity contribution in [2.75, 3.05) is 24.1 Å². The number of phenolic OH excluding ortho intramolecular Hbond substituents is 1. The van der Waals surface area contributed by atoms with Crippen LogP contribution in [0.1, 0.15) is 30.0 Å². The van der Waals surface area contributed by atoms with Crippen LogP contribution in [0.5, 0.6) is 11.5 Å². The average molecular weight is 768 g/mol. The Morgan fingerprint density at radius 1 is 0.980 bits per heavy atom. The van der Waals surface area contributed by atoms with Crippen molar-refractivity contribution in [3.05, 3.63) is 88.3 Å². The van der Waals surface area contributed by atoms with Crippen molar-refractivity contribution in [1.29, 1.82) is 0 Å². The first-order valence-electron chi connectivity index (χ1n) is 15.4. The van der Waals surface area contributed by atoms with Gasteiger partial charge in [-0.3, -0.25) is 24.2 Å². The number of methoxy groups -OCH3 is 1. The van der Waals surface area contributed by atoms with Crippen molar-refractivity contribution in [1.82, 2.24) is 9.99 Å². The molecule has 3 aromatic rings. The molecule has 0 radical (unpaired) electrons. The van der Waals surface area contributed by atoms with Crippen LogP contribution in [-0.2, 0) is 25.4 Å². The molecule has 1 saturated carbocycles. The molecule has 51 heavy (non-hydrogen) atoms. The van der Waals surface area contributed by atoms with Crippen LogP contribution in [0.2, 0.25) is 5.02 Å².